The van der Waals surface area contributed by atoms with Crippen LogP contribution in [0.5, 0.6) is 11.5 Å². The first-order valence-corrected chi connectivity index (χ1v) is 8.31. The fourth-order valence-electron chi connectivity index (χ4n) is 2.64. The zero-order valence-corrected chi connectivity index (χ0v) is 15.2. The predicted molar refractivity (Wildman–Crippen MR) is 95.6 cm³/mol. The molecule has 0 saturated heterocycles. The third-order valence-electron chi connectivity index (χ3n) is 4.29. The van der Waals surface area contributed by atoms with Crippen LogP contribution in [0.15, 0.2) is 48.5 Å². The van der Waals surface area contributed by atoms with Crippen LogP contribution < -0.4 is 9.47 Å². The second-order valence-electron chi connectivity index (χ2n) is 6.20. The fraction of sp³-hybridized carbons (Fsp3) is 0.250. The summed E-state index contributed by atoms with van der Waals surface area (Å²) >= 11 is 0. The molecule has 2 aromatic carbocycles. The quantitative estimate of drug-likeness (QED) is 0.615. The molecule has 0 bridgehead atoms. The molecule has 0 N–H and O–H groups in total. The normalized spacial score (nSPS) is 11.5. The van der Waals surface area contributed by atoms with Gasteiger partial charge in [-0.2, -0.15) is 5.10 Å². The second kappa shape index (κ2) is 7.34. The standard InChI is InChI=1S/C20H19F3N2O2/c1-13-5-4-6-19(14(13)2)26-12-16-11-18(24-25(16)3)15-7-9-17(10-8-15)27-20(21,22)23/h4-11H,12H2,1-3H3. The van der Waals surface area contributed by atoms with Gasteiger partial charge in [0.25, 0.3) is 0 Å². The number of halogens is 3. The van der Waals surface area contributed by atoms with E-state index in [0.29, 0.717) is 17.9 Å². The van der Waals surface area contributed by atoms with Crippen LogP contribution in [-0.4, -0.2) is 16.1 Å². The zero-order valence-electron chi connectivity index (χ0n) is 15.2. The van der Waals surface area contributed by atoms with Crippen molar-refractivity contribution < 1.29 is 22.6 Å². The SMILES string of the molecule is Cc1cccc(OCc2cc(-c3ccc(OC(F)(F)F)cc3)nn2C)c1C. The molecule has 0 amide bonds. The van der Waals surface area contributed by atoms with E-state index in [-0.39, 0.29) is 5.75 Å². The number of hydrogen-bond acceptors (Lipinski definition) is 3. The van der Waals surface area contributed by atoms with Crippen LogP contribution in [0, 0.1) is 13.8 Å². The van der Waals surface area contributed by atoms with Crippen molar-refractivity contribution in [2.45, 2.75) is 26.8 Å². The highest BCUT2D eigenvalue weighted by Crippen LogP contribution is 2.27. The Labute approximate surface area is 155 Å². The van der Waals surface area contributed by atoms with Gasteiger partial charge < -0.3 is 9.47 Å². The summed E-state index contributed by atoms with van der Waals surface area (Å²) in [4.78, 5) is 0. The van der Waals surface area contributed by atoms with E-state index in [9.17, 15) is 13.2 Å². The van der Waals surface area contributed by atoms with Crippen LogP contribution in [-0.2, 0) is 13.7 Å². The summed E-state index contributed by atoms with van der Waals surface area (Å²) in [6.45, 7) is 4.36. The van der Waals surface area contributed by atoms with Gasteiger partial charge in [-0.3, -0.25) is 4.68 Å². The van der Waals surface area contributed by atoms with Gasteiger partial charge >= 0.3 is 6.36 Å². The molecule has 0 radical (unpaired) electrons. The minimum Gasteiger partial charge on any atom is -0.487 e. The average Bonchev–Trinajstić information content (AvgIpc) is 2.96. The molecule has 0 aliphatic heterocycles. The van der Waals surface area contributed by atoms with Gasteiger partial charge in [0.05, 0.1) is 11.4 Å². The Bertz CT molecular complexity index is 931. The Hall–Kier alpha value is -2.96. The lowest BCUT2D eigenvalue weighted by molar-refractivity contribution is -0.274. The van der Waals surface area contributed by atoms with Gasteiger partial charge in [-0.25, -0.2) is 0 Å². The Morgan fingerprint density at radius 3 is 2.41 bits per heavy atom. The maximum Gasteiger partial charge on any atom is 0.573 e. The van der Waals surface area contributed by atoms with Gasteiger partial charge in [-0.15, -0.1) is 13.2 Å². The van der Waals surface area contributed by atoms with Crippen molar-refractivity contribution in [3.05, 3.63) is 65.4 Å². The van der Waals surface area contributed by atoms with Crippen LogP contribution >= 0.6 is 0 Å². The Kier molecular flexibility index (Phi) is 5.12. The summed E-state index contributed by atoms with van der Waals surface area (Å²) in [7, 11) is 1.80. The molecule has 0 spiro atoms. The minimum absolute atomic E-state index is 0.263. The Morgan fingerprint density at radius 1 is 1.04 bits per heavy atom. The van der Waals surface area contributed by atoms with E-state index < -0.39 is 6.36 Å². The van der Waals surface area contributed by atoms with Crippen molar-refractivity contribution in [3.8, 4) is 22.8 Å². The lowest BCUT2D eigenvalue weighted by Gasteiger charge is -2.10. The summed E-state index contributed by atoms with van der Waals surface area (Å²) in [5.74, 6) is 0.548. The van der Waals surface area contributed by atoms with E-state index in [1.165, 1.54) is 12.1 Å². The largest absolute Gasteiger partial charge is 0.573 e. The van der Waals surface area contributed by atoms with Crippen molar-refractivity contribution in [3.63, 3.8) is 0 Å². The number of ether oxygens (including phenoxy) is 2. The van der Waals surface area contributed by atoms with Crippen LogP contribution in [0.4, 0.5) is 13.2 Å². The van der Waals surface area contributed by atoms with Gasteiger partial charge in [-0.1, -0.05) is 12.1 Å². The first-order valence-electron chi connectivity index (χ1n) is 8.31. The summed E-state index contributed by atoms with van der Waals surface area (Å²) in [6, 6.07) is 13.3. The molecule has 0 atom stereocenters. The molecule has 0 unspecified atom stereocenters. The molecular formula is C20H19F3N2O2. The van der Waals surface area contributed by atoms with Gasteiger partial charge in [-0.05, 0) is 61.4 Å². The molecule has 0 aliphatic carbocycles. The third kappa shape index (κ3) is 4.61. The number of alkyl halides is 3. The number of nitrogens with zero attached hydrogens (tertiary/aromatic N) is 2. The Balaban J connectivity index is 1.73. The summed E-state index contributed by atoms with van der Waals surface area (Å²) in [5, 5.41) is 4.41. The average molecular weight is 376 g/mol. The van der Waals surface area contributed by atoms with Gasteiger partial charge in [0, 0.05) is 12.6 Å². The molecule has 1 aromatic heterocycles. The number of benzene rings is 2. The molecule has 0 aliphatic rings. The molecule has 4 nitrogen and oxygen atoms in total. The van der Waals surface area contributed by atoms with E-state index >= 15 is 0 Å². The lowest BCUT2D eigenvalue weighted by Crippen LogP contribution is -2.16. The summed E-state index contributed by atoms with van der Waals surface area (Å²) in [5.41, 5.74) is 4.43. The van der Waals surface area contributed by atoms with E-state index in [1.54, 1.807) is 23.9 Å². The van der Waals surface area contributed by atoms with Crippen molar-refractivity contribution in [1.82, 2.24) is 9.78 Å². The van der Waals surface area contributed by atoms with Crippen molar-refractivity contribution in [2.24, 2.45) is 7.05 Å². The number of aryl methyl sites for hydroxylation is 2. The fourth-order valence-corrected chi connectivity index (χ4v) is 2.64. The maximum absolute atomic E-state index is 12.2. The van der Waals surface area contributed by atoms with Crippen LogP contribution in [0.2, 0.25) is 0 Å². The van der Waals surface area contributed by atoms with Crippen LogP contribution in [0.3, 0.4) is 0 Å². The van der Waals surface area contributed by atoms with Crippen LogP contribution in [0.1, 0.15) is 16.8 Å². The molecule has 0 fully saturated rings. The van der Waals surface area contributed by atoms with Gasteiger partial charge in [0.2, 0.25) is 0 Å². The van der Waals surface area contributed by atoms with E-state index in [1.807, 2.05) is 38.1 Å². The topological polar surface area (TPSA) is 36.3 Å². The van der Waals surface area contributed by atoms with Crippen LogP contribution in [0.25, 0.3) is 11.3 Å². The first kappa shape index (κ1) is 18.8. The molecule has 3 rings (SSSR count). The predicted octanol–water partition coefficient (Wildman–Crippen LogP) is 5.18. The molecule has 7 heteroatoms. The van der Waals surface area contributed by atoms with Crippen molar-refractivity contribution in [2.75, 3.05) is 0 Å². The minimum atomic E-state index is -4.70. The molecule has 1 heterocycles. The number of rotatable bonds is 5. The molecule has 27 heavy (non-hydrogen) atoms. The van der Waals surface area contributed by atoms with Gasteiger partial charge in [0.15, 0.2) is 0 Å². The smallest absolute Gasteiger partial charge is 0.487 e. The molecule has 142 valence electrons. The summed E-state index contributed by atoms with van der Waals surface area (Å²) < 4.78 is 48.2. The molecule has 0 saturated carbocycles. The number of aromatic nitrogens is 2. The van der Waals surface area contributed by atoms with E-state index in [0.717, 1.165) is 22.6 Å². The maximum atomic E-state index is 12.2. The Morgan fingerprint density at radius 2 is 1.74 bits per heavy atom. The highest BCUT2D eigenvalue weighted by atomic mass is 19.4. The summed E-state index contributed by atoms with van der Waals surface area (Å²) in [6.07, 6.45) is -4.70. The number of hydrogen-bond donors (Lipinski definition) is 0. The van der Waals surface area contributed by atoms with Gasteiger partial charge in [0.1, 0.15) is 18.1 Å². The highest BCUT2D eigenvalue weighted by molar-refractivity contribution is 5.60. The third-order valence-corrected chi connectivity index (χ3v) is 4.29. The zero-order chi connectivity index (χ0) is 19.6. The van der Waals surface area contributed by atoms with E-state index in [2.05, 4.69) is 9.84 Å². The van der Waals surface area contributed by atoms with Crippen molar-refractivity contribution in [1.29, 1.82) is 0 Å². The first-order chi connectivity index (χ1) is 12.7. The molecular weight excluding hydrogens is 357 g/mol. The monoisotopic (exact) mass is 376 g/mol. The lowest BCUT2D eigenvalue weighted by atomic mass is 10.1. The van der Waals surface area contributed by atoms with E-state index in [4.69, 9.17) is 4.74 Å². The highest BCUT2D eigenvalue weighted by Gasteiger charge is 2.31. The van der Waals surface area contributed by atoms with Crippen molar-refractivity contribution >= 4 is 0 Å². The molecule has 3 aromatic rings. The second-order valence-corrected chi connectivity index (χ2v) is 6.20.